The summed E-state index contributed by atoms with van der Waals surface area (Å²) in [4.78, 5) is 11.4. The summed E-state index contributed by atoms with van der Waals surface area (Å²) < 4.78 is 7.97. The van der Waals surface area contributed by atoms with Gasteiger partial charge in [0.25, 0.3) is 0 Å². The van der Waals surface area contributed by atoms with E-state index in [0.29, 0.717) is 0 Å². The Hall–Kier alpha value is -6.82. The first-order valence-electron chi connectivity index (χ1n) is 20.5. The van der Waals surface area contributed by atoms with Crippen molar-refractivity contribution in [2.75, 3.05) is 0 Å². The van der Waals surface area contributed by atoms with Crippen LogP contribution in [0.2, 0.25) is 0 Å². The van der Waals surface area contributed by atoms with Crippen LogP contribution in [0.5, 0.6) is 0 Å². The number of fused-ring (bicyclic) bond motifs is 10. The molecule has 0 spiro atoms. The zero-order valence-corrected chi connectivity index (χ0v) is 35.0. The molecule has 0 atom stereocenters. The molecule has 0 saturated heterocycles. The molecular weight excluding hydrogens is 775 g/mol. The number of rotatable bonds is 5. The van der Waals surface area contributed by atoms with Crippen molar-refractivity contribution in [2.24, 2.45) is 0 Å². The van der Waals surface area contributed by atoms with Gasteiger partial charge in [-0.05, 0) is 0 Å². The van der Waals surface area contributed by atoms with Crippen LogP contribution in [0.25, 0.3) is 72.5 Å². The van der Waals surface area contributed by atoms with Gasteiger partial charge in [-0.2, -0.15) is 0 Å². The van der Waals surface area contributed by atoms with Crippen molar-refractivity contribution in [3.05, 3.63) is 211 Å². The molecule has 1 aliphatic carbocycles. The van der Waals surface area contributed by atoms with Crippen LogP contribution in [-0.2, 0) is 5.41 Å². The van der Waals surface area contributed by atoms with Crippen LogP contribution in [0.3, 0.4) is 0 Å². The molecule has 2 aromatic heterocycles. The third kappa shape index (κ3) is 4.71. The minimum atomic E-state index is -3.82. The van der Waals surface area contributed by atoms with Crippen molar-refractivity contribution in [2.45, 2.75) is 19.3 Å². The van der Waals surface area contributed by atoms with E-state index in [9.17, 15) is 0 Å². The first kappa shape index (κ1) is 34.2. The normalized spacial score (nSPS) is 14.2. The van der Waals surface area contributed by atoms with Crippen molar-refractivity contribution in [1.82, 2.24) is 14.5 Å². The van der Waals surface area contributed by atoms with Gasteiger partial charge in [0.2, 0.25) is 0 Å². The van der Waals surface area contributed by atoms with E-state index in [1.807, 2.05) is 0 Å². The summed E-state index contributed by atoms with van der Waals surface area (Å²) in [6.07, 6.45) is 0. The number of hydrogen-bond acceptors (Lipinski definition) is 2. The van der Waals surface area contributed by atoms with E-state index >= 15 is 0 Å². The molecule has 0 amide bonds. The Balaban J connectivity index is 1.26. The second kappa shape index (κ2) is 12.8. The molecule has 10 aromatic rings. The van der Waals surface area contributed by atoms with Crippen LogP contribution in [-0.4, -0.2) is 27.8 Å². The Bertz CT molecular complexity index is 3250. The van der Waals surface area contributed by atoms with Crippen LogP contribution in [0.4, 0.5) is 0 Å². The molecule has 3 nitrogen and oxygen atoms in total. The van der Waals surface area contributed by atoms with Crippen LogP contribution in [0, 0.1) is 0 Å². The Morgan fingerprint density at radius 3 is 1.75 bits per heavy atom. The average molecular weight is 815 g/mol. The molecule has 59 heavy (non-hydrogen) atoms. The first-order chi connectivity index (χ1) is 29.1. The van der Waals surface area contributed by atoms with E-state index in [4.69, 9.17) is 9.97 Å². The van der Waals surface area contributed by atoms with Gasteiger partial charge in [0.1, 0.15) is 0 Å². The van der Waals surface area contributed by atoms with Gasteiger partial charge in [-0.15, -0.1) is 0 Å². The molecule has 8 aromatic carbocycles. The molecule has 2 aliphatic rings. The zero-order valence-electron chi connectivity index (χ0n) is 32.9. The summed E-state index contributed by atoms with van der Waals surface area (Å²) in [6.45, 7) is 4.74. The Morgan fingerprint density at radius 2 is 1.02 bits per heavy atom. The predicted molar refractivity (Wildman–Crippen MR) is 247 cm³/mol. The number of nitrogens with zero attached hydrogens (tertiary/aromatic N) is 3. The van der Waals surface area contributed by atoms with Gasteiger partial charge in [0.05, 0.1) is 0 Å². The standard InChI is InChI=1S/C55H39GeN3/c1-55(2)44-30-16-12-27-41(44)49-45(55)35-34-40-39-26-14-18-32-47(39)59(53(40)49)48-33-19-15-29-43(48)52-50-51(57-54(58-52)36-20-6-3-7-21-36)42-28-13-17-31-46(42)56(50,37-22-8-4-9-23-37)38-24-10-5-11-25-38/h3-35H,1-2H3. The maximum atomic E-state index is 5.80. The summed E-state index contributed by atoms with van der Waals surface area (Å²) in [6, 6.07) is 73.7. The number of hydrogen-bond donors (Lipinski definition) is 0. The molecule has 0 bridgehead atoms. The van der Waals surface area contributed by atoms with Crippen LogP contribution < -0.4 is 17.6 Å². The number of aromatic nitrogens is 3. The van der Waals surface area contributed by atoms with E-state index in [1.165, 1.54) is 67.2 Å². The topological polar surface area (TPSA) is 30.7 Å². The molecule has 4 heteroatoms. The number of para-hydroxylation sites is 2. The van der Waals surface area contributed by atoms with Gasteiger partial charge in [-0.25, -0.2) is 0 Å². The van der Waals surface area contributed by atoms with Gasteiger partial charge >= 0.3 is 348 Å². The quantitative estimate of drug-likeness (QED) is 0.162. The van der Waals surface area contributed by atoms with E-state index in [1.54, 1.807) is 0 Å². The van der Waals surface area contributed by atoms with E-state index in [-0.39, 0.29) is 5.41 Å². The van der Waals surface area contributed by atoms with Crippen molar-refractivity contribution in [3.8, 4) is 50.7 Å². The van der Waals surface area contributed by atoms with E-state index < -0.39 is 13.3 Å². The average Bonchev–Trinajstić information content (AvgIpc) is 3.88. The molecule has 0 N–H and O–H groups in total. The van der Waals surface area contributed by atoms with Crippen molar-refractivity contribution >= 4 is 52.7 Å². The fourth-order valence-corrected chi connectivity index (χ4v) is 21.6. The van der Waals surface area contributed by atoms with E-state index in [2.05, 4.69) is 219 Å². The van der Waals surface area contributed by atoms with Gasteiger partial charge < -0.3 is 0 Å². The fraction of sp³-hybridized carbons (Fsp3) is 0.0545. The molecule has 12 rings (SSSR count). The summed E-state index contributed by atoms with van der Waals surface area (Å²) >= 11 is -3.82. The maximum absolute atomic E-state index is 5.80. The van der Waals surface area contributed by atoms with Crippen LogP contribution >= 0.6 is 0 Å². The van der Waals surface area contributed by atoms with Gasteiger partial charge in [0.15, 0.2) is 0 Å². The SMILES string of the molecule is CC1(C)c2ccccc2-c2c1ccc1c3ccccc3n(-c3ccccc3-c3nc(-c4ccccc4)nc4[c]3[Ge]([c]3ccccc3)([c]3ccccc3)[c]3ccccc3-4)c21. The molecule has 278 valence electrons. The molecule has 3 heterocycles. The van der Waals surface area contributed by atoms with Crippen molar-refractivity contribution in [3.63, 3.8) is 0 Å². The Labute approximate surface area is 346 Å². The molecule has 0 unspecified atom stereocenters. The summed E-state index contributed by atoms with van der Waals surface area (Å²) in [5, 5.41) is 2.50. The van der Waals surface area contributed by atoms with Gasteiger partial charge in [-0.1, -0.05) is 0 Å². The second-order valence-electron chi connectivity index (χ2n) is 16.4. The third-order valence-electron chi connectivity index (χ3n) is 13.1. The third-order valence-corrected chi connectivity index (χ3v) is 23.3. The monoisotopic (exact) mass is 815 g/mol. The molecule has 0 fully saturated rings. The molecule has 0 saturated carbocycles. The molecular formula is C55H39GeN3. The summed E-state index contributed by atoms with van der Waals surface area (Å²) in [5.41, 5.74) is 14.1. The molecule has 1 aliphatic heterocycles. The fourth-order valence-electron chi connectivity index (χ4n) is 10.6. The summed E-state index contributed by atoms with van der Waals surface area (Å²) in [5.74, 6) is 0.738. The zero-order chi connectivity index (χ0) is 39.3. The molecule has 0 radical (unpaired) electrons. The Morgan fingerprint density at radius 1 is 0.458 bits per heavy atom. The van der Waals surface area contributed by atoms with Crippen LogP contribution in [0.15, 0.2) is 200 Å². The number of benzene rings is 8. The Kier molecular flexibility index (Phi) is 7.45. The van der Waals surface area contributed by atoms with E-state index in [0.717, 1.165) is 34.0 Å². The summed E-state index contributed by atoms with van der Waals surface area (Å²) in [7, 11) is 0. The first-order valence-corrected chi connectivity index (χ1v) is 24.7. The van der Waals surface area contributed by atoms with Crippen molar-refractivity contribution < 1.29 is 0 Å². The second-order valence-corrected chi connectivity index (χ2v) is 24.2. The van der Waals surface area contributed by atoms with Gasteiger partial charge in [-0.3, -0.25) is 0 Å². The predicted octanol–water partition coefficient (Wildman–Crippen LogP) is 10.6. The van der Waals surface area contributed by atoms with Gasteiger partial charge in [0, 0.05) is 0 Å². The van der Waals surface area contributed by atoms with Crippen molar-refractivity contribution in [1.29, 1.82) is 0 Å². The minimum absolute atomic E-state index is 0.136. The van der Waals surface area contributed by atoms with Crippen LogP contribution in [0.1, 0.15) is 25.0 Å².